The first-order valence-corrected chi connectivity index (χ1v) is 7.09. The van der Waals surface area contributed by atoms with Gasteiger partial charge in [0.2, 0.25) is 0 Å². The van der Waals surface area contributed by atoms with Crippen LogP contribution in [0.5, 0.6) is 0 Å². The summed E-state index contributed by atoms with van der Waals surface area (Å²) in [5, 5.41) is 3.02. The van der Waals surface area contributed by atoms with Gasteiger partial charge < -0.3 is 5.32 Å². The van der Waals surface area contributed by atoms with Crippen LogP contribution in [0, 0.1) is 0 Å². The summed E-state index contributed by atoms with van der Waals surface area (Å²) in [5.74, 6) is -0.0565. The molecule has 2 rings (SSSR count). The van der Waals surface area contributed by atoms with Gasteiger partial charge in [0.05, 0.1) is 0 Å². The monoisotopic (exact) mass is 279 g/mol. The van der Waals surface area contributed by atoms with E-state index in [1.165, 1.54) is 0 Å². The molecule has 0 saturated carbocycles. The largest absolute Gasteiger partial charge is 0.351 e. The zero-order chi connectivity index (χ0) is 15.3. The van der Waals surface area contributed by atoms with Gasteiger partial charge in [-0.25, -0.2) is 0 Å². The van der Waals surface area contributed by atoms with Crippen LogP contribution in [0.25, 0.3) is 0 Å². The number of hydrogen-bond acceptors (Lipinski definition) is 1. The van der Waals surface area contributed by atoms with E-state index in [1.54, 1.807) is 0 Å². The van der Waals surface area contributed by atoms with E-state index in [1.807, 2.05) is 55.5 Å². The molecule has 1 amide bonds. The zero-order valence-corrected chi connectivity index (χ0v) is 12.6. The Morgan fingerprint density at radius 3 is 2.10 bits per heavy atom. The summed E-state index contributed by atoms with van der Waals surface area (Å²) in [6, 6.07) is 19.4. The van der Waals surface area contributed by atoms with Crippen LogP contribution in [-0.2, 0) is 5.41 Å². The van der Waals surface area contributed by atoms with Gasteiger partial charge in [0, 0.05) is 17.5 Å². The molecule has 21 heavy (non-hydrogen) atoms. The van der Waals surface area contributed by atoms with E-state index in [0.717, 1.165) is 11.1 Å². The van der Waals surface area contributed by atoms with Crippen molar-refractivity contribution < 1.29 is 4.79 Å². The molecule has 0 aromatic heterocycles. The molecule has 108 valence electrons. The Kier molecular flexibility index (Phi) is 4.59. The molecular weight excluding hydrogens is 258 g/mol. The van der Waals surface area contributed by atoms with E-state index in [9.17, 15) is 4.79 Å². The molecule has 0 aliphatic carbocycles. The molecule has 2 aromatic carbocycles. The number of amides is 1. The smallest absolute Gasteiger partial charge is 0.251 e. The second-order valence-corrected chi connectivity index (χ2v) is 5.53. The molecule has 0 spiro atoms. The minimum Gasteiger partial charge on any atom is -0.351 e. The van der Waals surface area contributed by atoms with Crippen molar-refractivity contribution in [2.45, 2.75) is 19.3 Å². The van der Waals surface area contributed by atoms with Crippen LogP contribution in [0.3, 0.4) is 0 Å². The highest BCUT2D eigenvalue weighted by molar-refractivity contribution is 5.94. The van der Waals surface area contributed by atoms with Crippen molar-refractivity contribution in [2.24, 2.45) is 0 Å². The summed E-state index contributed by atoms with van der Waals surface area (Å²) in [5.41, 5.74) is 2.59. The number of benzene rings is 2. The molecule has 2 nitrogen and oxygen atoms in total. The molecule has 1 N–H and O–H groups in total. The molecule has 0 heterocycles. The minimum atomic E-state index is -0.272. The lowest BCUT2D eigenvalue weighted by atomic mass is 9.77. The van der Waals surface area contributed by atoms with E-state index in [-0.39, 0.29) is 11.3 Å². The fourth-order valence-corrected chi connectivity index (χ4v) is 2.25. The van der Waals surface area contributed by atoms with Crippen LogP contribution < -0.4 is 5.32 Å². The highest BCUT2D eigenvalue weighted by atomic mass is 16.1. The third-order valence-corrected chi connectivity index (χ3v) is 3.99. The van der Waals surface area contributed by atoms with Gasteiger partial charge in [0.1, 0.15) is 0 Å². The lowest BCUT2D eigenvalue weighted by Gasteiger charge is -2.31. The quantitative estimate of drug-likeness (QED) is 0.825. The molecule has 2 heteroatoms. The van der Waals surface area contributed by atoms with Crippen molar-refractivity contribution in [1.29, 1.82) is 0 Å². The van der Waals surface area contributed by atoms with Crippen molar-refractivity contribution in [1.82, 2.24) is 5.32 Å². The summed E-state index contributed by atoms with van der Waals surface area (Å²) in [4.78, 5) is 12.2. The SMILES string of the molecule is C=C(C)C(C)(CNC(=O)c1ccccc1)c1ccccc1. The van der Waals surface area contributed by atoms with Gasteiger partial charge in [-0.2, -0.15) is 0 Å². The molecule has 1 unspecified atom stereocenters. The van der Waals surface area contributed by atoms with Crippen molar-refractivity contribution in [3.63, 3.8) is 0 Å². The maximum atomic E-state index is 12.2. The summed E-state index contributed by atoms with van der Waals surface area (Å²) in [7, 11) is 0. The molecule has 0 fully saturated rings. The molecule has 2 aromatic rings. The van der Waals surface area contributed by atoms with Gasteiger partial charge in [-0.15, -0.1) is 0 Å². The van der Waals surface area contributed by atoms with Crippen LogP contribution >= 0.6 is 0 Å². The lowest BCUT2D eigenvalue weighted by molar-refractivity contribution is 0.0947. The maximum absolute atomic E-state index is 12.2. The summed E-state index contributed by atoms with van der Waals surface area (Å²) in [6.07, 6.45) is 0. The highest BCUT2D eigenvalue weighted by Crippen LogP contribution is 2.30. The van der Waals surface area contributed by atoms with E-state index in [4.69, 9.17) is 0 Å². The van der Waals surface area contributed by atoms with Crippen molar-refractivity contribution in [3.8, 4) is 0 Å². The Labute approximate surface area is 126 Å². The van der Waals surface area contributed by atoms with E-state index in [0.29, 0.717) is 12.1 Å². The summed E-state index contributed by atoms with van der Waals surface area (Å²) >= 11 is 0. The fourth-order valence-electron chi connectivity index (χ4n) is 2.25. The Morgan fingerprint density at radius 2 is 1.57 bits per heavy atom. The zero-order valence-electron chi connectivity index (χ0n) is 12.6. The first-order chi connectivity index (χ1) is 10.0. The molecule has 0 bridgehead atoms. The Hall–Kier alpha value is -2.35. The highest BCUT2D eigenvalue weighted by Gasteiger charge is 2.28. The van der Waals surface area contributed by atoms with E-state index in [2.05, 4.69) is 31.0 Å². The number of nitrogens with one attached hydrogen (secondary N) is 1. The van der Waals surface area contributed by atoms with Gasteiger partial charge in [-0.05, 0) is 24.6 Å². The topological polar surface area (TPSA) is 29.1 Å². The molecule has 0 saturated heterocycles. The van der Waals surface area contributed by atoms with Gasteiger partial charge in [-0.3, -0.25) is 4.79 Å². The maximum Gasteiger partial charge on any atom is 0.251 e. The third kappa shape index (κ3) is 3.40. The number of carbonyl (C=O) groups is 1. The summed E-state index contributed by atoms with van der Waals surface area (Å²) < 4.78 is 0. The van der Waals surface area contributed by atoms with Gasteiger partial charge in [-0.1, -0.05) is 67.6 Å². The van der Waals surface area contributed by atoms with Gasteiger partial charge >= 0.3 is 0 Å². The second-order valence-electron chi connectivity index (χ2n) is 5.53. The predicted molar refractivity (Wildman–Crippen MR) is 87.4 cm³/mol. The standard InChI is InChI=1S/C19H21NO/c1-15(2)19(3,17-12-8-5-9-13-17)14-20-18(21)16-10-6-4-7-11-16/h4-13H,1,14H2,2-3H3,(H,20,21). The second kappa shape index (κ2) is 6.40. The van der Waals surface area contributed by atoms with Crippen LogP contribution in [0.15, 0.2) is 72.8 Å². The minimum absolute atomic E-state index is 0.0565. The summed E-state index contributed by atoms with van der Waals surface area (Å²) in [6.45, 7) is 8.74. The van der Waals surface area contributed by atoms with Crippen molar-refractivity contribution in [2.75, 3.05) is 6.54 Å². The molecule has 0 aliphatic rings. The van der Waals surface area contributed by atoms with Crippen molar-refractivity contribution >= 4 is 5.91 Å². The molecule has 1 atom stereocenters. The van der Waals surface area contributed by atoms with Crippen LogP contribution in [0.4, 0.5) is 0 Å². The molecular formula is C19H21NO. The lowest BCUT2D eigenvalue weighted by Crippen LogP contribution is -2.39. The number of rotatable bonds is 5. The fraction of sp³-hybridized carbons (Fsp3) is 0.211. The Bertz CT molecular complexity index is 619. The van der Waals surface area contributed by atoms with E-state index < -0.39 is 0 Å². The van der Waals surface area contributed by atoms with Crippen molar-refractivity contribution in [3.05, 3.63) is 83.9 Å². The molecule has 0 radical (unpaired) electrons. The predicted octanol–water partition coefficient (Wildman–Crippen LogP) is 3.95. The number of carbonyl (C=O) groups excluding carboxylic acids is 1. The number of hydrogen-bond donors (Lipinski definition) is 1. The average molecular weight is 279 g/mol. The first kappa shape index (κ1) is 15.0. The van der Waals surface area contributed by atoms with Gasteiger partial charge in [0.25, 0.3) is 5.91 Å². The average Bonchev–Trinajstić information content (AvgIpc) is 2.53. The van der Waals surface area contributed by atoms with Crippen LogP contribution in [0.1, 0.15) is 29.8 Å². The van der Waals surface area contributed by atoms with Crippen LogP contribution in [-0.4, -0.2) is 12.5 Å². The first-order valence-electron chi connectivity index (χ1n) is 7.09. The van der Waals surface area contributed by atoms with E-state index >= 15 is 0 Å². The van der Waals surface area contributed by atoms with Crippen LogP contribution in [0.2, 0.25) is 0 Å². The molecule has 0 aliphatic heterocycles. The Morgan fingerprint density at radius 1 is 1.05 bits per heavy atom. The third-order valence-electron chi connectivity index (χ3n) is 3.99. The van der Waals surface area contributed by atoms with Gasteiger partial charge in [0.15, 0.2) is 0 Å². The normalized spacial score (nSPS) is 13.2. The Balaban J connectivity index is 2.15.